The van der Waals surface area contributed by atoms with E-state index in [0.29, 0.717) is 18.7 Å². The SMILES string of the molecule is N#Cc1c(F)cccc1N1C[C@H](O)C[C@@H]1c1ccc(F)cc1. The minimum atomic E-state index is -0.584. The van der Waals surface area contributed by atoms with Gasteiger partial charge in [0.15, 0.2) is 0 Å². The van der Waals surface area contributed by atoms with Gasteiger partial charge in [-0.25, -0.2) is 8.78 Å². The predicted octanol–water partition coefficient (Wildman–Crippen LogP) is 3.15. The van der Waals surface area contributed by atoms with Gasteiger partial charge in [0.05, 0.1) is 17.8 Å². The van der Waals surface area contributed by atoms with Crippen molar-refractivity contribution >= 4 is 5.69 Å². The second-order valence-corrected chi connectivity index (χ2v) is 5.36. The first-order valence-electron chi connectivity index (χ1n) is 6.99. The van der Waals surface area contributed by atoms with Gasteiger partial charge in [-0.15, -0.1) is 0 Å². The normalized spacial score (nSPS) is 20.9. The van der Waals surface area contributed by atoms with Crippen molar-refractivity contribution in [2.45, 2.75) is 18.6 Å². The Morgan fingerprint density at radius 2 is 1.86 bits per heavy atom. The molecule has 112 valence electrons. The van der Waals surface area contributed by atoms with E-state index in [1.165, 1.54) is 24.3 Å². The zero-order chi connectivity index (χ0) is 15.7. The number of nitrogens with zero attached hydrogens (tertiary/aromatic N) is 2. The molecule has 1 fully saturated rings. The Bertz CT molecular complexity index is 724. The van der Waals surface area contributed by atoms with Crippen molar-refractivity contribution in [3.8, 4) is 6.07 Å². The Kier molecular flexibility index (Phi) is 3.78. The third-order valence-electron chi connectivity index (χ3n) is 3.95. The summed E-state index contributed by atoms with van der Waals surface area (Å²) in [5.41, 5.74) is 1.24. The number of rotatable bonds is 2. The smallest absolute Gasteiger partial charge is 0.143 e. The van der Waals surface area contributed by atoms with Crippen LogP contribution in [0.3, 0.4) is 0 Å². The summed E-state index contributed by atoms with van der Waals surface area (Å²) in [6.07, 6.45) is -0.127. The van der Waals surface area contributed by atoms with E-state index in [1.807, 2.05) is 6.07 Å². The minimum absolute atomic E-state index is 0.0382. The van der Waals surface area contributed by atoms with E-state index in [-0.39, 0.29) is 17.4 Å². The molecule has 0 radical (unpaired) electrons. The fourth-order valence-electron chi connectivity index (χ4n) is 2.94. The van der Waals surface area contributed by atoms with E-state index in [0.717, 1.165) is 5.56 Å². The zero-order valence-corrected chi connectivity index (χ0v) is 11.7. The first-order valence-corrected chi connectivity index (χ1v) is 6.99. The van der Waals surface area contributed by atoms with E-state index >= 15 is 0 Å². The van der Waals surface area contributed by atoms with Crippen molar-refractivity contribution in [3.63, 3.8) is 0 Å². The van der Waals surface area contributed by atoms with E-state index < -0.39 is 11.9 Å². The Labute approximate surface area is 127 Å². The lowest BCUT2D eigenvalue weighted by atomic mass is 10.0. The molecule has 0 unspecified atom stereocenters. The molecule has 1 heterocycles. The summed E-state index contributed by atoms with van der Waals surface area (Å²) in [7, 11) is 0. The Morgan fingerprint density at radius 3 is 2.55 bits per heavy atom. The molecular weight excluding hydrogens is 286 g/mol. The van der Waals surface area contributed by atoms with Crippen molar-refractivity contribution in [3.05, 3.63) is 65.2 Å². The number of aliphatic hydroxyl groups is 1. The topological polar surface area (TPSA) is 47.3 Å². The minimum Gasteiger partial charge on any atom is -0.391 e. The van der Waals surface area contributed by atoms with Gasteiger partial charge in [-0.1, -0.05) is 18.2 Å². The van der Waals surface area contributed by atoms with Gasteiger partial charge in [0.2, 0.25) is 0 Å². The summed E-state index contributed by atoms with van der Waals surface area (Å²) in [5, 5.41) is 19.2. The molecule has 2 aromatic rings. The number of nitriles is 1. The number of anilines is 1. The molecule has 5 heteroatoms. The third-order valence-corrected chi connectivity index (χ3v) is 3.95. The van der Waals surface area contributed by atoms with Crippen molar-refractivity contribution in [1.29, 1.82) is 5.26 Å². The molecule has 1 aliphatic heterocycles. The van der Waals surface area contributed by atoms with Crippen LogP contribution >= 0.6 is 0 Å². The summed E-state index contributed by atoms with van der Waals surface area (Å²) in [5.74, 6) is -0.920. The van der Waals surface area contributed by atoms with Gasteiger partial charge in [-0.05, 0) is 36.2 Å². The quantitative estimate of drug-likeness (QED) is 0.927. The molecular formula is C17H14F2N2O. The molecule has 0 amide bonds. The second kappa shape index (κ2) is 5.74. The Balaban J connectivity index is 2.03. The first kappa shape index (κ1) is 14.5. The van der Waals surface area contributed by atoms with E-state index in [2.05, 4.69) is 0 Å². The summed E-state index contributed by atoms with van der Waals surface area (Å²) in [6.45, 7) is 0.306. The van der Waals surface area contributed by atoms with Crippen molar-refractivity contribution < 1.29 is 13.9 Å². The van der Waals surface area contributed by atoms with Crippen LogP contribution < -0.4 is 4.90 Å². The van der Waals surface area contributed by atoms with Gasteiger partial charge in [0, 0.05) is 6.54 Å². The van der Waals surface area contributed by atoms with Crippen LogP contribution in [0.1, 0.15) is 23.6 Å². The number of halogens is 2. The fraction of sp³-hybridized carbons (Fsp3) is 0.235. The lowest BCUT2D eigenvalue weighted by Gasteiger charge is -2.27. The molecule has 0 spiro atoms. The molecule has 22 heavy (non-hydrogen) atoms. The fourth-order valence-corrected chi connectivity index (χ4v) is 2.94. The van der Waals surface area contributed by atoms with E-state index in [1.54, 1.807) is 23.1 Å². The zero-order valence-electron chi connectivity index (χ0n) is 11.7. The summed E-state index contributed by atoms with van der Waals surface area (Å²) >= 11 is 0. The van der Waals surface area contributed by atoms with Crippen LogP contribution in [0.4, 0.5) is 14.5 Å². The maximum atomic E-state index is 13.8. The maximum Gasteiger partial charge on any atom is 0.143 e. The van der Waals surface area contributed by atoms with Crippen LogP contribution in [0, 0.1) is 23.0 Å². The highest BCUT2D eigenvalue weighted by molar-refractivity contribution is 5.62. The number of β-amino-alcohol motifs (C(OH)–C–C–N with tert-alkyl or cyclic N) is 1. The standard InChI is InChI=1S/C17H14F2N2O/c18-12-6-4-11(5-7-12)17-8-13(22)10-21(17)16-3-1-2-15(19)14(16)9-20/h1-7,13,17,22H,8,10H2/t13-,17-/m1/s1. The van der Waals surface area contributed by atoms with Crippen molar-refractivity contribution in [1.82, 2.24) is 0 Å². The van der Waals surface area contributed by atoms with Crippen LogP contribution in [0.25, 0.3) is 0 Å². The van der Waals surface area contributed by atoms with Gasteiger partial charge < -0.3 is 10.0 Å². The van der Waals surface area contributed by atoms with Gasteiger partial charge in [-0.3, -0.25) is 0 Å². The largest absolute Gasteiger partial charge is 0.391 e. The molecule has 0 aromatic heterocycles. The number of hydrogen-bond donors (Lipinski definition) is 1. The molecule has 0 saturated carbocycles. The predicted molar refractivity (Wildman–Crippen MR) is 78.2 cm³/mol. The average molecular weight is 300 g/mol. The lowest BCUT2D eigenvalue weighted by Crippen LogP contribution is -2.25. The highest BCUT2D eigenvalue weighted by Crippen LogP contribution is 2.38. The van der Waals surface area contributed by atoms with Gasteiger partial charge in [-0.2, -0.15) is 5.26 Å². The van der Waals surface area contributed by atoms with Crippen molar-refractivity contribution in [2.24, 2.45) is 0 Å². The third kappa shape index (κ3) is 2.53. The molecule has 2 aromatic carbocycles. The highest BCUT2D eigenvalue weighted by Gasteiger charge is 2.33. The summed E-state index contributed by atoms with van der Waals surface area (Å²) in [6, 6.07) is 12.1. The molecule has 0 bridgehead atoms. The molecule has 1 N–H and O–H groups in total. The van der Waals surface area contributed by atoms with E-state index in [9.17, 15) is 19.1 Å². The number of aliphatic hydroxyl groups excluding tert-OH is 1. The van der Waals surface area contributed by atoms with Crippen molar-refractivity contribution in [2.75, 3.05) is 11.4 Å². The van der Waals surface area contributed by atoms with Crippen LogP contribution in [0.5, 0.6) is 0 Å². The monoisotopic (exact) mass is 300 g/mol. The summed E-state index contributed by atoms with van der Waals surface area (Å²) in [4.78, 5) is 1.81. The molecule has 3 rings (SSSR count). The molecule has 1 aliphatic rings. The Morgan fingerprint density at radius 1 is 1.14 bits per heavy atom. The highest BCUT2D eigenvalue weighted by atomic mass is 19.1. The van der Waals surface area contributed by atoms with Crippen LogP contribution in [-0.4, -0.2) is 17.8 Å². The molecule has 2 atom stereocenters. The Hall–Kier alpha value is -2.45. The van der Waals surface area contributed by atoms with E-state index in [4.69, 9.17) is 0 Å². The molecule has 0 aliphatic carbocycles. The molecule has 3 nitrogen and oxygen atoms in total. The van der Waals surface area contributed by atoms with Crippen LogP contribution in [0.15, 0.2) is 42.5 Å². The maximum absolute atomic E-state index is 13.8. The van der Waals surface area contributed by atoms with Crippen LogP contribution in [-0.2, 0) is 0 Å². The van der Waals surface area contributed by atoms with Gasteiger partial charge in [0.25, 0.3) is 0 Å². The van der Waals surface area contributed by atoms with Gasteiger partial charge in [0.1, 0.15) is 23.3 Å². The first-order chi connectivity index (χ1) is 10.6. The average Bonchev–Trinajstić information content (AvgIpc) is 2.89. The number of hydrogen-bond acceptors (Lipinski definition) is 3. The van der Waals surface area contributed by atoms with Crippen LogP contribution in [0.2, 0.25) is 0 Å². The molecule has 1 saturated heterocycles. The van der Waals surface area contributed by atoms with Gasteiger partial charge >= 0.3 is 0 Å². The number of benzene rings is 2. The second-order valence-electron chi connectivity index (χ2n) is 5.36. The lowest BCUT2D eigenvalue weighted by molar-refractivity contribution is 0.194. The summed E-state index contributed by atoms with van der Waals surface area (Å²) < 4.78 is 26.9.